The summed E-state index contributed by atoms with van der Waals surface area (Å²) in [5.41, 5.74) is 0. The van der Waals surface area contributed by atoms with E-state index in [0.29, 0.717) is 0 Å². The van der Waals surface area contributed by atoms with Crippen molar-refractivity contribution >= 4 is 34.0 Å². The Labute approximate surface area is 75.0 Å². The van der Waals surface area contributed by atoms with Crippen LogP contribution in [0.5, 0.6) is 0 Å². The first-order valence-corrected chi connectivity index (χ1v) is 0. The molecule has 0 aliphatic rings. The van der Waals surface area contributed by atoms with Gasteiger partial charge in [0.25, 0.3) is 0 Å². The molecule has 9 heteroatoms. The van der Waals surface area contributed by atoms with Gasteiger partial charge in [-0.1, -0.05) is 0 Å². The fraction of sp³-hybridized carbons (Fsp3) is 0. The largest absolute Gasteiger partial charge is 2.00 e. The van der Waals surface area contributed by atoms with Gasteiger partial charge in [0.1, 0.15) is 0 Å². The third kappa shape index (κ3) is 852. The fourth-order valence-corrected chi connectivity index (χ4v) is 0. The summed E-state index contributed by atoms with van der Waals surface area (Å²) in [7, 11) is 0. The van der Waals surface area contributed by atoms with Crippen LogP contribution in [0.2, 0.25) is 0 Å². The average Bonchev–Trinajstić information content (AvgIpc) is 0. The van der Waals surface area contributed by atoms with Crippen LogP contribution in [0.15, 0.2) is 0 Å². The van der Waals surface area contributed by atoms with Crippen molar-refractivity contribution in [1.29, 1.82) is 0 Å². The molecule has 0 saturated heterocycles. The minimum absolute atomic E-state index is 0. The molecule has 0 rings (SSSR count). The maximum Gasteiger partial charge on any atom is 2.00 e. The topological polar surface area (TPSA) is 189 Å². The van der Waals surface area contributed by atoms with Gasteiger partial charge < -0.3 is 35.7 Å². The van der Waals surface area contributed by atoms with Gasteiger partial charge in [0.2, 0.25) is 0 Å². The van der Waals surface area contributed by atoms with Gasteiger partial charge in [-0.15, -0.1) is 0 Å². The summed E-state index contributed by atoms with van der Waals surface area (Å²) < 4.78 is 0. The second-order valence-corrected chi connectivity index (χ2v) is 0. The molecule has 0 unspecified atom stereocenters. The maximum atomic E-state index is 0. The first kappa shape index (κ1) is 1610. The molecule has 0 aromatic carbocycles. The molecule has 0 bridgehead atoms. The molecule has 0 fully saturated rings. The molecule has 0 aliphatic carbocycles. The molecule has 4 radical (unpaired) electrons. The van der Waals surface area contributed by atoms with Crippen molar-refractivity contribution in [3.05, 3.63) is 0 Å². The van der Waals surface area contributed by atoms with Gasteiger partial charge in [-0.05, 0) is 0 Å². The van der Waals surface area contributed by atoms with Crippen LogP contribution in [0.1, 0.15) is 2.85 Å². The van der Waals surface area contributed by atoms with Crippen LogP contribution in [0.25, 0.3) is 0 Å². The molecule has 0 spiro atoms. The summed E-state index contributed by atoms with van der Waals surface area (Å²) in [6.07, 6.45) is 0. The Bertz CT molecular complexity index is 20.5. The van der Waals surface area contributed by atoms with E-state index < -0.39 is 0 Å². The van der Waals surface area contributed by atoms with Crippen LogP contribution in [0.3, 0.4) is 0 Å². The van der Waals surface area contributed by atoms with E-state index in [1.54, 1.807) is 0 Å². The molecule has 0 amide bonds. The first-order chi connectivity index (χ1) is 0. The molecule has 0 aromatic rings. The second-order valence-electron chi connectivity index (χ2n) is 0. The monoisotopic (exact) mass is 182 g/mol. The smallest absolute Gasteiger partial charge is 1.00 e. The zero-order valence-corrected chi connectivity index (χ0v) is 7.03. The van der Waals surface area contributed by atoms with E-state index in [0.717, 1.165) is 0 Å². The SMILES string of the molecule is F.O.O.O.O.O.O.[H-].[H-].[Mg+2].[Si]. The minimum Gasteiger partial charge on any atom is -1.00 e. The average molecular weight is 183 g/mol. The Morgan fingerprint density at radius 1 is 0.556 bits per heavy atom. The Kier molecular flexibility index (Phi) is 201000. The first-order valence-electron chi connectivity index (χ1n) is 0. The van der Waals surface area contributed by atoms with Crippen molar-refractivity contribution in [3.8, 4) is 0 Å². The summed E-state index contributed by atoms with van der Waals surface area (Å²) in [5.74, 6) is 0. The summed E-state index contributed by atoms with van der Waals surface area (Å²) >= 11 is 0. The summed E-state index contributed by atoms with van der Waals surface area (Å²) in [6.45, 7) is 0. The van der Waals surface area contributed by atoms with E-state index in [2.05, 4.69) is 0 Å². The standard InChI is InChI=1S/FH.Mg.6H2O.Si.2H/h1H;;6*1H2;;;/q;+2;;;;;;;;2*-1. The quantitative estimate of drug-likeness (QED) is 0.324. The third-order valence-corrected chi connectivity index (χ3v) is 0. The van der Waals surface area contributed by atoms with Gasteiger partial charge in [-0.2, -0.15) is 0 Å². The number of rotatable bonds is 0. The number of hydrogen-bond acceptors (Lipinski definition) is 0. The van der Waals surface area contributed by atoms with Crippen LogP contribution in [-0.2, 0) is 0 Å². The van der Waals surface area contributed by atoms with Crippen LogP contribution >= 0.6 is 0 Å². The minimum atomic E-state index is 0. The van der Waals surface area contributed by atoms with Crippen molar-refractivity contribution in [2.75, 3.05) is 0 Å². The summed E-state index contributed by atoms with van der Waals surface area (Å²) in [4.78, 5) is 0. The van der Waals surface area contributed by atoms with E-state index >= 15 is 0 Å². The Balaban J connectivity index is 0. The van der Waals surface area contributed by atoms with Crippen molar-refractivity contribution in [2.45, 2.75) is 0 Å². The Morgan fingerprint density at radius 3 is 0.556 bits per heavy atom. The Morgan fingerprint density at radius 2 is 0.556 bits per heavy atom. The normalized spacial score (nSPS) is 0. The zero-order valence-electron chi connectivity index (χ0n) is 6.62. The zero-order chi connectivity index (χ0) is 0. The van der Waals surface area contributed by atoms with Crippen LogP contribution in [-0.4, -0.2) is 66.9 Å². The van der Waals surface area contributed by atoms with Crippen LogP contribution < -0.4 is 0 Å². The molecule has 12 N–H and O–H groups in total. The van der Waals surface area contributed by atoms with E-state index in [1.807, 2.05) is 0 Å². The molecule has 6 nitrogen and oxygen atoms in total. The van der Waals surface area contributed by atoms with Crippen LogP contribution in [0, 0.1) is 0 Å². The van der Waals surface area contributed by atoms with Gasteiger partial charge in [0.15, 0.2) is 0 Å². The molecular weight excluding hydrogens is 167 g/mol. The van der Waals surface area contributed by atoms with E-state index in [1.165, 1.54) is 0 Å². The molecule has 0 aromatic heterocycles. The van der Waals surface area contributed by atoms with Crippen molar-refractivity contribution in [2.24, 2.45) is 0 Å². The maximum absolute atomic E-state index is 0. The predicted octanol–water partition coefficient (Wildman–Crippen LogP) is -5.33. The fourth-order valence-electron chi connectivity index (χ4n) is 0. The summed E-state index contributed by atoms with van der Waals surface area (Å²) in [6, 6.07) is 0. The molecule has 0 atom stereocenters. The molecule has 0 saturated carbocycles. The van der Waals surface area contributed by atoms with Gasteiger partial charge in [-0.25, -0.2) is 0 Å². The summed E-state index contributed by atoms with van der Waals surface area (Å²) in [5, 5.41) is 0. The number of halogens is 1. The number of hydrogen-bond donors (Lipinski definition) is 0. The van der Waals surface area contributed by atoms with E-state index in [9.17, 15) is 0 Å². The molecular formula is H15FMgO6Si. The van der Waals surface area contributed by atoms with Crippen molar-refractivity contribution < 1.29 is 40.4 Å². The van der Waals surface area contributed by atoms with Gasteiger partial charge in [0, 0.05) is 11.0 Å². The van der Waals surface area contributed by atoms with Gasteiger partial charge >= 0.3 is 23.1 Å². The van der Waals surface area contributed by atoms with E-state index in [4.69, 9.17) is 0 Å². The van der Waals surface area contributed by atoms with Gasteiger partial charge in [0.05, 0.1) is 0 Å². The van der Waals surface area contributed by atoms with Crippen LogP contribution in [0.4, 0.5) is 4.70 Å². The molecule has 0 heterocycles. The van der Waals surface area contributed by atoms with E-state index in [-0.39, 0.29) is 74.4 Å². The third-order valence-electron chi connectivity index (χ3n) is 0. The van der Waals surface area contributed by atoms with Crippen molar-refractivity contribution in [3.63, 3.8) is 0 Å². The Hall–Kier alpha value is 0.673. The van der Waals surface area contributed by atoms with Crippen molar-refractivity contribution in [1.82, 2.24) is 0 Å². The molecule has 64 valence electrons. The predicted molar refractivity (Wildman–Crippen MR) is 37.9 cm³/mol. The second kappa shape index (κ2) is 1130. The molecule has 0 aliphatic heterocycles. The molecule has 9 heavy (non-hydrogen) atoms. The van der Waals surface area contributed by atoms with Gasteiger partial charge in [-0.3, -0.25) is 4.70 Å².